The number of nitrogens with zero attached hydrogens (tertiary/aromatic N) is 2. The van der Waals surface area contributed by atoms with Gasteiger partial charge in [0.1, 0.15) is 16.7 Å². The Bertz CT molecular complexity index is 619. The summed E-state index contributed by atoms with van der Waals surface area (Å²) >= 11 is 6.06. The van der Waals surface area contributed by atoms with E-state index in [1.165, 1.54) is 5.56 Å². The van der Waals surface area contributed by atoms with Crippen LogP contribution in [0.25, 0.3) is 0 Å². The van der Waals surface area contributed by atoms with Crippen LogP contribution in [-0.2, 0) is 17.8 Å². The molecule has 0 saturated heterocycles. The average molecular weight is 291 g/mol. The second-order valence-corrected chi connectivity index (χ2v) is 5.18. The number of para-hydroxylation sites is 1. The molecule has 1 aromatic carbocycles. The minimum absolute atomic E-state index is 0.124. The third-order valence-electron chi connectivity index (χ3n) is 3.30. The predicted molar refractivity (Wildman–Crippen MR) is 76.1 cm³/mol. The van der Waals surface area contributed by atoms with Crippen LogP contribution in [0.1, 0.15) is 23.0 Å². The first-order valence-electron chi connectivity index (χ1n) is 6.49. The largest absolute Gasteiger partial charge is 0.493 e. The van der Waals surface area contributed by atoms with Crippen molar-refractivity contribution >= 4 is 11.6 Å². The summed E-state index contributed by atoms with van der Waals surface area (Å²) in [7, 11) is 1.63. The Morgan fingerprint density at radius 3 is 3.05 bits per heavy atom. The minimum Gasteiger partial charge on any atom is -0.493 e. The number of hydrogen-bond acceptors (Lipinski definition) is 4. The molecule has 0 fully saturated rings. The van der Waals surface area contributed by atoms with Gasteiger partial charge in [-0.15, -0.1) is 0 Å². The zero-order valence-electron chi connectivity index (χ0n) is 11.2. The Morgan fingerprint density at radius 1 is 1.35 bits per heavy atom. The van der Waals surface area contributed by atoms with Gasteiger partial charge in [-0.2, -0.15) is 0 Å². The van der Waals surface area contributed by atoms with E-state index in [1.807, 2.05) is 18.2 Å². The molecule has 2 heterocycles. The van der Waals surface area contributed by atoms with Crippen molar-refractivity contribution in [2.75, 3.05) is 13.7 Å². The van der Waals surface area contributed by atoms with E-state index in [0.717, 1.165) is 23.7 Å². The van der Waals surface area contributed by atoms with Gasteiger partial charge in [0.15, 0.2) is 0 Å². The topological polar surface area (TPSA) is 44.2 Å². The number of hydrogen-bond donors (Lipinski definition) is 0. The zero-order valence-corrected chi connectivity index (χ0v) is 11.9. The molecule has 1 aliphatic rings. The normalized spacial score (nSPS) is 17.4. The van der Waals surface area contributed by atoms with E-state index >= 15 is 0 Å². The fourth-order valence-corrected chi connectivity index (χ4v) is 2.59. The lowest BCUT2D eigenvalue weighted by Gasteiger charge is -2.24. The Balaban J connectivity index is 1.87. The van der Waals surface area contributed by atoms with Crippen LogP contribution in [0, 0.1) is 0 Å². The van der Waals surface area contributed by atoms with E-state index < -0.39 is 0 Å². The van der Waals surface area contributed by atoms with Gasteiger partial charge in [-0.25, -0.2) is 9.97 Å². The highest BCUT2D eigenvalue weighted by atomic mass is 35.5. The fourth-order valence-electron chi connectivity index (χ4n) is 2.38. The van der Waals surface area contributed by atoms with Gasteiger partial charge in [0.05, 0.1) is 24.8 Å². The maximum Gasteiger partial charge on any atom is 0.137 e. The van der Waals surface area contributed by atoms with E-state index in [0.29, 0.717) is 18.4 Å². The summed E-state index contributed by atoms with van der Waals surface area (Å²) in [5.74, 6) is 1.79. The van der Waals surface area contributed by atoms with Gasteiger partial charge in [0.2, 0.25) is 0 Å². The van der Waals surface area contributed by atoms with Crippen molar-refractivity contribution in [3.63, 3.8) is 0 Å². The molecule has 5 heteroatoms. The first kappa shape index (κ1) is 13.3. The first-order chi connectivity index (χ1) is 9.76. The van der Waals surface area contributed by atoms with Crippen molar-refractivity contribution in [1.82, 2.24) is 9.97 Å². The predicted octanol–water partition coefficient (Wildman–Crippen LogP) is 3.00. The lowest BCUT2D eigenvalue weighted by Crippen LogP contribution is -2.21. The van der Waals surface area contributed by atoms with E-state index in [2.05, 4.69) is 16.0 Å². The van der Waals surface area contributed by atoms with Gasteiger partial charge in [-0.05, 0) is 24.1 Å². The number of aromatic nitrogens is 2. The molecule has 0 amide bonds. The standard InChI is InChI=1S/C15H15ClN2O2/c1-19-9-12-7-14(16)18-15(17-12)11-6-10-4-2-3-5-13(10)20-8-11/h2-5,7,11H,6,8-9H2,1H3. The molecule has 104 valence electrons. The van der Waals surface area contributed by atoms with E-state index in [9.17, 15) is 0 Å². The van der Waals surface area contributed by atoms with Crippen LogP contribution in [0.4, 0.5) is 0 Å². The molecule has 1 aromatic heterocycles. The second-order valence-electron chi connectivity index (χ2n) is 4.79. The Morgan fingerprint density at radius 2 is 2.20 bits per heavy atom. The Labute approximate surface area is 122 Å². The number of halogens is 1. The summed E-state index contributed by atoms with van der Waals surface area (Å²) in [6.07, 6.45) is 0.864. The van der Waals surface area contributed by atoms with Crippen molar-refractivity contribution in [2.24, 2.45) is 0 Å². The van der Waals surface area contributed by atoms with Gasteiger partial charge >= 0.3 is 0 Å². The third-order valence-corrected chi connectivity index (χ3v) is 3.50. The summed E-state index contributed by atoms with van der Waals surface area (Å²) in [5, 5.41) is 0.445. The van der Waals surface area contributed by atoms with Crippen molar-refractivity contribution in [3.05, 3.63) is 52.6 Å². The lowest BCUT2D eigenvalue weighted by molar-refractivity contribution is 0.180. The highest BCUT2D eigenvalue weighted by Crippen LogP contribution is 2.31. The smallest absolute Gasteiger partial charge is 0.137 e. The Hall–Kier alpha value is -1.65. The molecule has 0 aliphatic carbocycles. The molecule has 20 heavy (non-hydrogen) atoms. The summed E-state index contributed by atoms with van der Waals surface area (Å²) in [6.45, 7) is 1.00. The van der Waals surface area contributed by atoms with Crippen LogP contribution in [0.5, 0.6) is 5.75 Å². The monoisotopic (exact) mass is 290 g/mol. The second kappa shape index (κ2) is 5.77. The molecule has 0 saturated carbocycles. The number of fused-ring (bicyclic) bond motifs is 1. The van der Waals surface area contributed by atoms with E-state index in [-0.39, 0.29) is 5.92 Å². The van der Waals surface area contributed by atoms with Crippen LogP contribution in [0.2, 0.25) is 5.15 Å². The van der Waals surface area contributed by atoms with Gasteiger partial charge in [-0.1, -0.05) is 29.8 Å². The number of methoxy groups -OCH3 is 1. The minimum atomic E-state index is 0.124. The summed E-state index contributed by atoms with van der Waals surface area (Å²) in [5.41, 5.74) is 1.97. The van der Waals surface area contributed by atoms with Crippen LogP contribution in [0.3, 0.4) is 0 Å². The van der Waals surface area contributed by atoms with Crippen molar-refractivity contribution in [2.45, 2.75) is 18.9 Å². The molecule has 4 nitrogen and oxygen atoms in total. The van der Waals surface area contributed by atoms with Crippen LogP contribution >= 0.6 is 11.6 Å². The van der Waals surface area contributed by atoms with Gasteiger partial charge in [0, 0.05) is 7.11 Å². The van der Waals surface area contributed by atoms with Gasteiger partial charge in [-0.3, -0.25) is 0 Å². The number of benzene rings is 1. The first-order valence-corrected chi connectivity index (χ1v) is 6.87. The zero-order chi connectivity index (χ0) is 13.9. The highest BCUT2D eigenvalue weighted by molar-refractivity contribution is 6.29. The SMILES string of the molecule is COCc1cc(Cl)nc(C2COc3ccccc3C2)n1. The average Bonchev–Trinajstić information content (AvgIpc) is 2.46. The highest BCUT2D eigenvalue weighted by Gasteiger charge is 2.24. The van der Waals surface area contributed by atoms with Crippen LogP contribution < -0.4 is 4.74 Å². The molecule has 1 atom stereocenters. The maximum atomic E-state index is 6.06. The van der Waals surface area contributed by atoms with E-state index in [4.69, 9.17) is 21.1 Å². The number of rotatable bonds is 3. The third kappa shape index (κ3) is 2.76. The van der Waals surface area contributed by atoms with Crippen molar-refractivity contribution in [3.8, 4) is 5.75 Å². The molecule has 0 spiro atoms. The summed E-state index contributed by atoms with van der Waals surface area (Å²) in [6, 6.07) is 9.78. The molecule has 1 aliphatic heterocycles. The summed E-state index contributed by atoms with van der Waals surface area (Å²) in [4.78, 5) is 8.85. The molecule has 2 aromatic rings. The lowest BCUT2D eigenvalue weighted by atomic mass is 9.96. The molecular weight excluding hydrogens is 276 g/mol. The quantitative estimate of drug-likeness (QED) is 0.815. The molecule has 3 rings (SSSR count). The summed E-state index contributed by atoms with van der Waals surface area (Å²) < 4.78 is 10.9. The Kier molecular flexibility index (Phi) is 3.85. The molecule has 0 bridgehead atoms. The van der Waals surface area contributed by atoms with Crippen molar-refractivity contribution < 1.29 is 9.47 Å². The van der Waals surface area contributed by atoms with E-state index in [1.54, 1.807) is 13.2 Å². The van der Waals surface area contributed by atoms with Gasteiger partial charge < -0.3 is 9.47 Å². The molecular formula is C15H15ClN2O2. The molecule has 0 N–H and O–H groups in total. The maximum absolute atomic E-state index is 6.06. The van der Waals surface area contributed by atoms with Gasteiger partial charge in [0.25, 0.3) is 0 Å². The molecule has 0 radical (unpaired) electrons. The number of ether oxygens (including phenoxy) is 2. The fraction of sp³-hybridized carbons (Fsp3) is 0.333. The van der Waals surface area contributed by atoms with Crippen molar-refractivity contribution in [1.29, 1.82) is 0 Å². The van der Waals surface area contributed by atoms with Crippen LogP contribution in [-0.4, -0.2) is 23.7 Å². The van der Waals surface area contributed by atoms with Crippen LogP contribution in [0.15, 0.2) is 30.3 Å². The molecule has 1 unspecified atom stereocenters.